The van der Waals surface area contributed by atoms with Crippen LogP contribution in [0.15, 0.2) is 47.4 Å². The number of carbonyl (C=O) groups excluding carboxylic acids is 1. The summed E-state index contributed by atoms with van der Waals surface area (Å²) in [5.41, 5.74) is 2.60. The number of sulfonamides is 1. The number of carbonyl (C=O) groups is 1. The van der Waals surface area contributed by atoms with Gasteiger partial charge in [0.2, 0.25) is 15.9 Å². The van der Waals surface area contributed by atoms with E-state index in [0.29, 0.717) is 10.7 Å². The molecule has 1 saturated carbocycles. The molecular formula is C31H25ClF6N8O4S. The van der Waals surface area contributed by atoms with Crippen molar-refractivity contribution in [2.24, 2.45) is 18.7 Å². The maximum atomic E-state index is 15.8. The van der Waals surface area contributed by atoms with Crippen LogP contribution in [0.1, 0.15) is 59.1 Å². The standard InChI is InChI=1S/C31H25ClF6N8O4S/c1-44-25-19(4-3-18(32)22(25)29(42-44)43-51(2,49)50)45-20(47)5-6-40-30(45)16(9-12-7-13(33)10-14(34)8-12)24(28(39)48)46-26-21(23(41-46)27(35)36)15-11-17(15)31(26,37)38/h3-8,10,15-17,24,27H,9,11H2,1-2H3,(H2,39,48)(H,42,43)/t15-,16-,17+,24?/m0/s1. The van der Waals surface area contributed by atoms with Crippen LogP contribution in [-0.2, 0) is 34.2 Å². The van der Waals surface area contributed by atoms with Crippen LogP contribution in [0.3, 0.4) is 0 Å². The molecule has 1 fully saturated rings. The van der Waals surface area contributed by atoms with Gasteiger partial charge in [-0.2, -0.15) is 19.0 Å². The summed E-state index contributed by atoms with van der Waals surface area (Å²) in [5.74, 6) is -11.7. The summed E-state index contributed by atoms with van der Waals surface area (Å²) in [5, 5.41) is 8.04. The van der Waals surface area contributed by atoms with Gasteiger partial charge in [0.05, 0.1) is 33.8 Å². The van der Waals surface area contributed by atoms with Crippen molar-refractivity contribution in [3.05, 3.63) is 97.9 Å². The highest BCUT2D eigenvalue weighted by Crippen LogP contribution is 2.68. The van der Waals surface area contributed by atoms with Gasteiger partial charge >= 0.3 is 0 Å². The molecule has 51 heavy (non-hydrogen) atoms. The maximum Gasteiger partial charge on any atom is 0.293 e. The quantitative estimate of drug-likeness (QED) is 0.194. The number of benzene rings is 2. The van der Waals surface area contributed by atoms with Crippen molar-refractivity contribution in [1.82, 2.24) is 29.1 Å². The lowest BCUT2D eigenvalue weighted by Crippen LogP contribution is -2.38. The second-order valence-corrected chi connectivity index (χ2v) is 14.7. The number of nitrogens with one attached hydrogen (secondary N) is 1. The minimum Gasteiger partial charge on any atom is -0.368 e. The highest BCUT2D eigenvalue weighted by atomic mass is 35.5. The monoisotopic (exact) mass is 754 g/mol. The summed E-state index contributed by atoms with van der Waals surface area (Å²) in [6.07, 6.45) is -2.09. The molecule has 0 aliphatic heterocycles. The molecule has 0 saturated heterocycles. The number of aromatic nitrogens is 6. The van der Waals surface area contributed by atoms with E-state index in [1.807, 2.05) is 0 Å². The third-order valence-corrected chi connectivity index (χ3v) is 9.96. The second kappa shape index (κ2) is 11.8. The maximum absolute atomic E-state index is 15.8. The lowest BCUT2D eigenvalue weighted by molar-refractivity contribution is -0.122. The summed E-state index contributed by atoms with van der Waals surface area (Å²) >= 11 is 6.47. The van der Waals surface area contributed by atoms with E-state index in [1.54, 1.807) is 0 Å². The van der Waals surface area contributed by atoms with Crippen LogP contribution >= 0.6 is 11.6 Å². The van der Waals surface area contributed by atoms with Gasteiger partial charge in [0, 0.05) is 36.9 Å². The Morgan fingerprint density at radius 3 is 2.45 bits per heavy atom. The molecule has 2 aromatic carbocycles. The molecule has 0 bridgehead atoms. The smallest absolute Gasteiger partial charge is 0.293 e. The Kier molecular flexibility index (Phi) is 8.01. The molecule has 7 rings (SSSR count). The molecule has 1 unspecified atom stereocenters. The molecule has 1 amide bonds. The molecule has 268 valence electrons. The Hall–Kier alpha value is -4.91. The molecule has 12 nitrogen and oxygen atoms in total. The minimum absolute atomic E-state index is 0.000664. The van der Waals surface area contributed by atoms with Gasteiger partial charge in [0.25, 0.3) is 17.9 Å². The molecule has 3 heterocycles. The van der Waals surface area contributed by atoms with Crippen molar-refractivity contribution in [1.29, 1.82) is 0 Å². The van der Waals surface area contributed by atoms with Crippen molar-refractivity contribution in [2.45, 2.75) is 43.1 Å². The summed E-state index contributed by atoms with van der Waals surface area (Å²) in [6.45, 7) is 0. The van der Waals surface area contributed by atoms with E-state index in [9.17, 15) is 35.6 Å². The number of fused-ring (bicyclic) bond motifs is 4. The van der Waals surface area contributed by atoms with Crippen molar-refractivity contribution in [3.8, 4) is 5.69 Å². The fourth-order valence-corrected chi connectivity index (χ4v) is 7.88. The summed E-state index contributed by atoms with van der Waals surface area (Å²) in [6, 6.07) is 3.94. The van der Waals surface area contributed by atoms with E-state index in [0.717, 1.165) is 35.2 Å². The molecule has 2 aliphatic carbocycles. The van der Waals surface area contributed by atoms with Gasteiger partial charge in [-0.15, -0.1) is 0 Å². The van der Waals surface area contributed by atoms with Crippen molar-refractivity contribution >= 4 is 44.3 Å². The van der Waals surface area contributed by atoms with Crippen molar-refractivity contribution in [3.63, 3.8) is 0 Å². The Morgan fingerprint density at radius 1 is 1.14 bits per heavy atom. The zero-order chi connectivity index (χ0) is 36.9. The Bertz CT molecular complexity index is 2430. The molecular weight excluding hydrogens is 730 g/mol. The van der Waals surface area contributed by atoms with E-state index in [2.05, 4.69) is 19.9 Å². The topological polar surface area (TPSA) is 160 Å². The zero-order valence-electron chi connectivity index (χ0n) is 26.3. The van der Waals surface area contributed by atoms with Crippen molar-refractivity contribution < 1.29 is 39.6 Å². The van der Waals surface area contributed by atoms with Crippen LogP contribution in [0.4, 0.5) is 32.2 Å². The molecule has 0 radical (unpaired) electrons. The number of primary amides is 1. The van der Waals surface area contributed by atoms with E-state index in [4.69, 9.17) is 17.3 Å². The highest BCUT2D eigenvalue weighted by Gasteiger charge is 2.67. The third kappa shape index (κ3) is 5.71. The summed E-state index contributed by atoms with van der Waals surface area (Å²) in [7, 11) is -2.49. The fraction of sp³-hybridized carbons (Fsp3) is 0.323. The van der Waals surface area contributed by atoms with E-state index in [1.165, 1.54) is 23.9 Å². The SMILES string of the molecule is Cn1nc(NS(C)(=O)=O)c2c(Cl)ccc(-n3c([C@@H](Cc4cc(F)cc(F)c4)C(C(N)=O)n4nc(C(F)F)c5c4C(F)(F)[C@@H]4C[C@H]54)nccc3=O)c21. The van der Waals surface area contributed by atoms with Crippen LogP contribution in [0.2, 0.25) is 5.02 Å². The molecule has 2 aliphatic rings. The summed E-state index contributed by atoms with van der Waals surface area (Å²) in [4.78, 5) is 31.6. The Labute approximate surface area is 288 Å². The van der Waals surface area contributed by atoms with E-state index < -0.39 is 92.6 Å². The Balaban J connectivity index is 1.52. The number of rotatable bonds is 10. The summed E-state index contributed by atoms with van der Waals surface area (Å²) < 4.78 is 118. The predicted molar refractivity (Wildman–Crippen MR) is 171 cm³/mol. The van der Waals surface area contributed by atoms with E-state index >= 15 is 8.78 Å². The van der Waals surface area contributed by atoms with Gasteiger partial charge in [-0.1, -0.05) is 11.6 Å². The van der Waals surface area contributed by atoms with Crippen LogP contribution in [0, 0.1) is 17.6 Å². The molecule has 3 aromatic heterocycles. The zero-order valence-corrected chi connectivity index (χ0v) is 27.9. The van der Waals surface area contributed by atoms with E-state index in [-0.39, 0.29) is 45.2 Å². The Morgan fingerprint density at radius 2 is 1.82 bits per heavy atom. The average Bonchev–Trinajstić information content (AvgIpc) is 3.54. The number of hydrogen-bond donors (Lipinski definition) is 2. The molecule has 4 atom stereocenters. The van der Waals surface area contributed by atoms with Crippen molar-refractivity contribution in [2.75, 3.05) is 11.0 Å². The lowest BCUT2D eigenvalue weighted by atomic mass is 9.89. The molecule has 0 spiro atoms. The first-order chi connectivity index (χ1) is 23.9. The molecule has 5 aromatic rings. The highest BCUT2D eigenvalue weighted by molar-refractivity contribution is 7.92. The normalized spacial score (nSPS) is 18.9. The van der Waals surface area contributed by atoms with Gasteiger partial charge < -0.3 is 5.73 Å². The van der Waals surface area contributed by atoms with Gasteiger partial charge in [-0.25, -0.2) is 35.6 Å². The first-order valence-corrected chi connectivity index (χ1v) is 17.4. The van der Waals surface area contributed by atoms with Gasteiger partial charge in [-0.05, 0) is 48.6 Å². The van der Waals surface area contributed by atoms with Gasteiger partial charge in [0.15, 0.2) is 5.82 Å². The number of nitrogens with zero attached hydrogens (tertiary/aromatic N) is 6. The second-order valence-electron chi connectivity index (χ2n) is 12.5. The number of hydrogen-bond acceptors (Lipinski definition) is 7. The molecule has 3 N–H and O–H groups in total. The molecule has 20 heteroatoms. The van der Waals surface area contributed by atoms with Gasteiger partial charge in [-0.3, -0.25) is 23.6 Å². The fourth-order valence-electron chi connectivity index (χ4n) is 7.14. The number of aryl methyl sites for hydroxylation is 1. The van der Waals surface area contributed by atoms with Crippen LogP contribution in [0.5, 0.6) is 0 Å². The number of nitrogens with two attached hydrogens (primary N) is 1. The van der Waals surface area contributed by atoms with Crippen LogP contribution in [0.25, 0.3) is 16.6 Å². The first-order valence-electron chi connectivity index (χ1n) is 15.1. The predicted octanol–water partition coefficient (Wildman–Crippen LogP) is 4.82. The van der Waals surface area contributed by atoms with Gasteiger partial charge in [0.1, 0.15) is 34.9 Å². The number of halogens is 7. The largest absolute Gasteiger partial charge is 0.368 e. The van der Waals surface area contributed by atoms with Crippen LogP contribution in [-0.4, -0.2) is 49.7 Å². The number of anilines is 1. The average molecular weight is 755 g/mol. The number of amides is 1. The first kappa shape index (κ1) is 34.5. The van der Waals surface area contributed by atoms with Crippen LogP contribution < -0.4 is 16.0 Å². The third-order valence-electron chi connectivity index (χ3n) is 9.08. The lowest BCUT2D eigenvalue weighted by Gasteiger charge is -2.29. The minimum atomic E-state index is -3.89. The number of alkyl halides is 4.